The van der Waals surface area contributed by atoms with E-state index in [0.717, 1.165) is 16.1 Å². The van der Waals surface area contributed by atoms with Crippen molar-refractivity contribution in [2.75, 3.05) is 17.1 Å². The number of nitrogens with one attached hydrogen (secondary N) is 1. The molecule has 3 rings (SSSR count). The molecule has 0 aliphatic heterocycles. The van der Waals surface area contributed by atoms with E-state index in [4.69, 9.17) is 0 Å². The van der Waals surface area contributed by atoms with Crippen LogP contribution < -0.4 is 9.62 Å². The summed E-state index contributed by atoms with van der Waals surface area (Å²) in [5.41, 5.74) is 1.07. The van der Waals surface area contributed by atoms with Crippen molar-refractivity contribution in [3.05, 3.63) is 88.9 Å². The molecule has 1 amide bonds. The second-order valence-corrected chi connectivity index (χ2v) is 12.5. The first kappa shape index (κ1) is 25.9. The van der Waals surface area contributed by atoms with Gasteiger partial charge < -0.3 is 5.32 Å². The van der Waals surface area contributed by atoms with E-state index in [-0.39, 0.29) is 9.79 Å². The minimum atomic E-state index is -4.01. The number of benzene rings is 3. The highest BCUT2D eigenvalue weighted by Crippen LogP contribution is 2.26. The maximum atomic E-state index is 13.4. The lowest BCUT2D eigenvalue weighted by atomic mass is 10.0. The van der Waals surface area contributed by atoms with E-state index in [1.807, 2.05) is 6.92 Å². The zero-order valence-corrected chi connectivity index (χ0v) is 21.9. The highest BCUT2D eigenvalue weighted by Gasteiger charge is 2.28. The number of amides is 1. The van der Waals surface area contributed by atoms with Crippen LogP contribution >= 0.6 is 15.9 Å². The van der Waals surface area contributed by atoms with Gasteiger partial charge in [0, 0.05) is 10.7 Å². The third-order valence-electron chi connectivity index (χ3n) is 5.17. The summed E-state index contributed by atoms with van der Waals surface area (Å²) in [6, 6.07) is 20.5. The van der Waals surface area contributed by atoms with E-state index in [1.165, 1.54) is 24.3 Å². The Morgan fingerprint density at radius 1 is 0.912 bits per heavy atom. The molecular weight excluding hydrogens is 540 g/mol. The number of hydrogen-bond donors (Lipinski definition) is 1. The van der Waals surface area contributed by atoms with E-state index < -0.39 is 38.4 Å². The molecule has 3 aromatic carbocycles. The summed E-state index contributed by atoms with van der Waals surface area (Å²) in [6.45, 7) is 1.45. The van der Waals surface area contributed by atoms with Crippen LogP contribution in [0.25, 0.3) is 0 Å². The van der Waals surface area contributed by atoms with E-state index in [2.05, 4.69) is 21.2 Å². The molecule has 1 atom stereocenters. The van der Waals surface area contributed by atoms with Gasteiger partial charge in [-0.05, 0) is 54.4 Å². The molecule has 0 aliphatic rings. The van der Waals surface area contributed by atoms with Crippen LogP contribution in [0, 0.1) is 0 Å². The van der Waals surface area contributed by atoms with Crippen LogP contribution in [0.5, 0.6) is 0 Å². The lowest BCUT2D eigenvalue weighted by molar-refractivity contribution is -0.120. The first-order valence-electron chi connectivity index (χ1n) is 10.4. The number of sulfone groups is 1. The van der Waals surface area contributed by atoms with Gasteiger partial charge in [0.1, 0.15) is 6.54 Å². The average Bonchev–Trinajstić information content (AvgIpc) is 2.81. The summed E-state index contributed by atoms with van der Waals surface area (Å²) in [7, 11) is -7.34. The molecule has 0 saturated heterocycles. The fourth-order valence-electron chi connectivity index (χ4n) is 3.40. The Balaban J connectivity index is 1.88. The van der Waals surface area contributed by atoms with Gasteiger partial charge in [-0.1, -0.05) is 59.3 Å². The molecule has 7 nitrogen and oxygen atoms in total. The van der Waals surface area contributed by atoms with E-state index in [9.17, 15) is 21.6 Å². The molecule has 1 N–H and O–H groups in total. The van der Waals surface area contributed by atoms with Crippen molar-refractivity contribution in [3.63, 3.8) is 0 Å². The molecule has 0 fully saturated rings. The summed E-state index contributed by atoms with van der Waals surface area (Å²) in [6.07, 6.45) is 1.66. The van der Waals surface area contributed by atoms with Gasteiger partial charge in [-0.15, -0.1) is 0 Å². The molecular formula is C24H25BrN2O5S2. The summed E-state index contributed by atoms with van der Waals surface area (Å²) in [4.78, 5) is 13.3. The molecule has 1 unspecified atom stereocenters. The Labute approximate surface area is 208 Å². The van der Waals surface area contributed by atoms with E-state index >= 15 is 0 Å². The summed E-state index contributed by atoms with van der Waals surface area (Å²) in [5.74, 6) is -0.487. The fourth-order valence-corrected chi connectivity index (χ4v) is 5.86. The predicted octanol–water partition coefficient (Wildman–Crippen LogP) is 4.32. The van der Waals surface area contributed by atoms with Crippen LogP contribution in [0.1, 0.15) is 24.9 Å². The van der Waals surface area contributed by atoms with Crippen molar-refractivity contribution >= 4 is 47.4 Å². The Kier molecular flexibility index (Phi) is 8.17. The van der Waals surface area contributed by atoms with Crippen molar-refractivity contribution < 1.29 is 21.6 Å². The highest BCUT2D eigenvalue weighted by molar-refractivity contribution is 9.10. The normalized spacial score (nSPS) is 12.7. The van der Waals surface area contributed by atoms with Gasteiger partial charge in [0.05, 0.1) is 21.5 Å². The molecule has 180 valence electrons. The predicted molar refractivity (Wildman–Crippen MR) is 136 cm³/mol. The van der Waals surface area contributed by atoms with Crippen molar-refractivity contribution in [1.29, 1.82) is 0 Å². The second-order valence-electron chi connectivity index (χ2n) is 7.67. The minimum absolute atomic E-state index is 0.0752. The van der Waals surface area contributed by atoms with Gasteiger partial charge in [0.15, 0.2) is 9.84 Å². The van der Waals surface area contributed by atoms with Crippen molar-refractivity contribution in [2.45, 2.75) is 29.2 Å². The third-order valence-corrected chi connectivity index (χ3v) is 8.58. The number of anilines is 1. The maximum absolute atomic E-state index is 13.4. The molecule has 0 spiro atoms. The Morgan fingerprint density at radius 3 is 2.12 bits per heavy atom. The standard InChI is InChI=1S/C24H25BrN2O5S2/c1-3-23(18-12-14-21(15-13-18)33(2,29)30)26-24(28)17-27(20-9-7-8-19(25)16-20)34(31,32)22-10-5-4-6-11-22/h4-16,23H,3,17H2,1-2H3,(H,26,28). The molecule has 10 heteroatoms. The quantitative estimate of drug-likeness (QED) is 0.417. The average molecular weight is 566 g/mol. The number of hydrogen-bond acceptors (Lipinski definition) is 5. The fraction of sp³-hybridized carbons (Fsp3) is 0.208. The first-order chi connectivity index (χ1) is 16.0. The van der Waals surface area contributed by atoms with Gasteiger partial charge in [-0.2, -0.15) is 0 Å². The molecule has 0 saturated carbocycles. The first-order valence-corrected chi connectivity index (χ1v) is 14.6. The zero-order valence-electron chi connectivity index (χ0n) is 18.7. The maximum Gasteiger partial charge on any atom is 0.264 e. The molecule has 0 aliphatic carbocycles. The summed E-state index contributed by atoms with van der Waals surface area (Å²) >= 11 is 3.36. The molecule has 34 heavy (non-hydrogen) atoms. The Morgan fingerprint density at radius 2 is 1.56 bits per heavy atom. The Hall–Kier alpha value is -2.69. The van der Waals surface area contributed by atoms with Crippen LogP contribution in [0.2, 0.25) is 0 Å². The van der Waals surface area contributed by atoms with Gasteiger partial charge >= 0.3 is 0 Å². The lowest BCUT2D eigenvalue weighted by Crippen LogP contribution is -2.42. The van der Waals surface area contributed by atoms with Crippen LogP contribution in [-0.4, -0.2) is 35.5 Å². The Bertz CT molecular complexity index is 1360. The van der Waals surface area contributed by atoms with Gasteiger partial charge in [0.25, 0.3) is 10.0 Å². The topological polar surface area (TPSA) is 101 Å². The highest BCUT2D eigenvalue weighted by atomic mass is 79.9. The third kappa shape index (κ3) is 6.25. The number of nitrogens with zero attached hydrogens (tertiary/aromatic N) is 1. The van der Waals surface area contributed by atoms with E-state index in [0.29, 0.717) is 16.6 Å². The monoisotopic (exact) mass is 564 g/mol. The molecule has 0 heterocycles. The number of sulfonamides is 1. The molecule has 3 aromatic rings. The number of halogens is 1. The largest absolute Gasteiger partial charge is 0.348 e. The SMILES string of the molecule is CCC(NC(=O)CN(c1cccc(Br)c1)S(=O)(=O)c1ccccc1)c1ccc(S(C)(=O)=O)cc1. The molecule has 0 radical (unpaired) electrons. The molecule has 0 aromatic heterocycles. The van der Waals surface area contributed by atoms with Crippen molar-refractivity contribution in [3.8, 4) is 0 Å². The number of carbonyl (C=O) groups is 1. The number of carbonyl (C=O) groups excluding carboxylic acids is 1. The number of rotatable bonds is 9. The van der Waals surface area contributed by atoms with Crippen molar-refractivity contribution in [1.82, 2.24) is 5.32 Å². The lowest BCUT2D eigenvalue weighted by Gasteiger charge is -2.26. The van der Waals surface area contributed by atoms with Crippen LogP contribution in [-0.2, 0) is 24.7 Å². The van der Waals surface area contributed by atoms with E-state index in [1.54, 1.807) is 54.6 Å². The summed E-state index contributed by atoms with van der Waals surface area (Å²) < 4.78 is 52.0. The van der Waals surface area contributed by atoms with Crippen molar-refractivity contribution in [2.24, 2.45) is 0 Å². The van der Waals surface area contributed by atoms with Crippen LogP contribution in [0.3, 0.4) is 0 Å². The van der Waals surface area contributed by atoms with Crippen LogP contribution in [0.15, 0.2) is 93.1 Å². The summed E-state index contributed by atoms with van der Waals surface area (Å²) in [5, 5.41) is 2.87. The second kappa shape index (κ2) is 10.7. The smallest absolute Gasteiger partial charge is 0.264 e. The van der Waals surface area contributed by atoms with Crippen LogP contribution in [0.4, 0.5) is 5.69 Å². The van der Waals surface area contributed by atoms with Gasteiger partial charge in [-0.25, -0.2) is 16.8 Å². The molecule has 0 bridgehead atoms. The minimum Gasteiger partial charge on any atom is -0.348 e. The van der Waals surface area contributed by atoms with Gasteiger partial charge in [0.2, 0.25) is 5.91 Å². The van der Waals surface area contributed by atoms with Gasteiger partial charge in [-0.3, -0.25) is 9.10 Å². The zero-order chi connectivity index (χ0) is 24.9.